The zero-order chi connectivity index (χ0) is 19.9. The van der Waals surface area contributed by atoms with E-state index in [4.69, 9.17) is 13.9 Å². The highest BCUT2D eigenvalue weighted by atomic mass is 28.4. The highest BCUT2D eigenvalue weighted by Gasteiger charge is 2.58. The van der Waals surface area contributed by atoms with Crippen molar-refractivity contribution in [3.8, 4) is 0 Å². The lowest BCUT2D eigenvalue weighted by Gasteiger charge is -2.41. The topological polar surface area (TPSA) is 82.5 Å². The van der Waals surface area contributed by atoms with Crippen molar-refractivity contribution in [2.45, 2.75) is 69.9 Å². The van der Waals surface area contributed by atoms with Crippen molar-refractivity contribution in [2.75, 3.05) is 13.7 Å². The average molecular weight is 389 g/mol. The predicted octanol–water partition coefficient (Wildman–Crippen LogP) is 2.20. The summed E-state index contributed by atoms with van der Waals surface area (Å²) in [6.45, 7) is 11.8. The van der Waals surface area contributed by atoms with Crippen molar-refractivity contribution in [1.29, 1.82) is 0 Å². The van der Waals surface area contributed by atoms with E-state index in [9.17, 15) is 9.59 Å². The van der Waals surface area contributed by atoms with Gasteiger partial charge in [0.25, 0.3) is 5.56 Å². The second-order valence-corrected chi connectivity index (χ2v) is 13.2. The van der Waals surface area contributed by atoms with Crippen LogP contribution in [-0.4, -0.2) is 49.5 Å². The second kappa shape index (κ2) is 7.03. The van der Waals surface area contributed by atoms with Crippen LogP contribution >= 0.6 is 0 Å². The third kappa shape index (κ3) is 3.85. The maximum atomic E-state index is 15.9. The summed E-state index contributed by atoms with van der Waals surface area (Å²) in [6.07, 6.45) is -1.55. The summed E-state index contributed by atoms with van der Waals surface area (Å²) in [5.74, 6) is 0. The van der Waals surface area contributed by atoms with E-state index in [0.717, 1.165) is 10.6 Å². The third-order valence-electron chi connectivity index (χ3n) is 5.34. The summed E-state index contributed by atoms with van der Waals surface area (Å²) in [5, 5.41) is -0.117. The number of nitrogens with one attached hydrogen (secondary N) is 1. The second-order valence-electron chi connectivity index (χ2n) is 8.45. The molecule has 2 rings (SSSR count). The minimum atomic E-state index is -2.30. The van der Waals surface area contributed by atoms with Crippen molar-refractivity contribution in [1.82, 2.24) is 9.55 Å². The average Bonchev–Trinajstić information content (AvgIpc) is 2.70. The van der Waals surface area contributed by atoms with Crippen LogP contribution in [0.5, 0.6) is 0 Å². The molecule has 9 heteroatoms. The van der Waals surface area contributed by atoms with E-state index in [1.807, 2.05) is 13.1 Å². The zero-order valence-corrected chi connectivity index (χ0v) is 17.5. The molecule has 0 aromatic carbocycles. The first-order valence-electron chi connectivity index (χ1n) is 8.64. The van der Waals surface area contributed by atoms with E-state index < -0.39 is 43.7 Å². The van der Waals surface area contributed by atoms with E-state index in [1.165, 1.54) is 20.2 Å². The predicted molar refractivity (Wildman–Crippen MR) is 98.7 cm³/mol. The number of aromatic amines is 1. The van der Waals surface area contributed by atoms with Gasteiger partial charge >= 0.3 is 5.69 Å². The van der Waals surface area contributed by atoms with Crippen LogP contribution < -0.4 is 11.2 Å². The minimum Gasteiger partial charge on any atom is -0.408 e. The Kier molecular flexibility index (Phi) is 5.68. The molecule has 7 nitrogen and oxygen atoms in total. The lowest BCUT2D eigenvalue weighted by molar-refractivity contribution is -0.0660. The maximum Gasteiger partial charge on any atom is 0.330 e. The van der Waals surface area contributed by atoms with Gasteiger partial charge in [-0.15, -0.1) is 0 Å². The number of methoxy groups -OCH3 is 1. The Morgan fingerprint density at radius 3 is 2.50 bits per heavy atom. The molecule has 0 bridgehead atoms. The molecule has 0 unspecified atom stereocenters. The van der Waals surface area contributed by atoms with Gasteiger partial charge in [-0.05, 0) is 25.1 Å². The summed E-state index contributed by atoms with van der Waals surface area (Å²) in [6, 6.07) is 1.16. The van der Waals surface area contributed by atoms with Crippen LogP contribution in [0.25, 0.3) is 0 Å². The smallest absolute Gasteiger partial charge is 0.330 e. The fourth-order valence-corrected chi connectivity index (χ4v) is 4.17. The van der Waals surface area contributed by atoms with Crippen molar-refractivity contribution < 1.29 is 18.3 Å². The van der Waals surface area contributed by atoms with Crippen molar-refractivity contribution in [3.63, 3.8) is 0 Å². The molecule has 1 fully saturated rings. The van der Waals surface area contributed by atoms with Crippen LogP contribution in [-0.2, 0) is 13.9 Å². The number of rotatable bonds is 5. The number of alkyl halides is 1. The van der Waals surface area contributed by atoms with Crippen LogP contribution in [0, 0.1) is 0 Å². The first-order valence-corrected chi connectivity index (χ1v) is 11.5. The molecular weight excluding hydrogens is 359 g/mol. The largest absolute Gasteiger partial charge is 0.408 e. The van der Waals surface area contributed by atoms with E-state index in [2.05, 4.69) is 25.8 Å². The SMILES string of the molecule is COC[C@H]1O[C@@H](n2ccc(=O)[nH]c2=O)[C@](C)(F)[C@@H]1O[Si](C)(C)C(C)(C)C. The van der Waals surface area contributed by atoms with Gasteiger partial charge in [-0.2, -0.15) is 0 Å². The van der Waals surface area contributed by atoms with Crippen LogP contribution in [0.3, 0.4) is 0 Å². The number of hydrogen-bond donors (Lipinski definition) is 1. The normalized spacial score (nSPS) is 29.9. The molecule has 0 amide bonds. The summed E-state index contributed by atoms with van der Waals surface area (Å²) in [4.78, 5) is 25.6. The third-order valence-corrected chi connectivity index (χ3v) is 9.80. The molecule has 0 saturated carbocycles. The Morgan fingerprint density at radius 1 is 1.38 bits per heavy atom. The Balaban J connectivity index is 2.44. The Labute approximate surface area is 153 Å². The van der Waals surface area contributed by atoms with Gasteiger partial charge in [0.15, 0.2) is 20.2 Å². The van der Waals surface area contributed by atoms with Gasteiger partial charge in [-0.3, -0.25) is 14.3 Å². The van der Waals surface area contributed by atoms with Crippen molar-refractivity contribution >= 4 is 8.32 Å². The fraction of sp³-hybridized carbons (Fsp3) is 0.765. The molecule has 1 aromatic rings. The van der Waals surface area contributed by atoms with Gasteiger partial charge < -0.3 is 13.9 Å². The quantitative estimate of drug-likeness (QED) is 0.782. The van der Waals surface area contributed by atoms with Crippen LogP contribution in [0.2, 0.25) is 18.1 Å². The van der Waals surface area contributed by atoms with Crippen LogP contribution in [0.15, 0.2) is 21.9 Å². The standard InChI is InChI=1S/C17H29FN2O5Si/c1-16(2,3)26(6,7)25-13-11(10-23-5)24-14(17(13,4)18)20-9-8-12(21)19-15(20)22/h8-9,11,13-14H,10H2,1-7H3,(H,19,21,22)/t11-,13-,14-,17-/m1/s1. The number of H-pyrrole nitrogens is 1. The highest BCUT2D eigenvalue weighted by molar-refractivity contribution is 6.74. The monoisotopic (exact) mass is 388 g/mol. The van der Waals surface area contributed by atoms with Gasteiger partial charge in [0.1, 0.15) is 12.2 Å². The minimum absolute atomic E-state index is 0.117. The lowest BCUT2D eigenvalue weighted by atomic mass is 9.98. The Hall–Kier alpha value is -1.29. The summed E-state index contributed by atoms with van der Waals surface area (Å²) in [5.41, 5.74) is -3.26. The fourth-order valence-electron chi connectivity index (χ4n) is 2.80. The molecule has 0 aliphatic carbocycles. The number of hydrogen-bond acceptors (Lipinski definition) is 5. The number of aromatic nitrogens is 2. The molecule has 1 aliphatic heterocycles. The van der Waals surface area contributed by atoms with Crippen LogP contribution in [0.1, 0.15) is 33.9 Å². The molecule has 148 valence electrons. The highest BCUT2D eigenvalue weighted by Crippen LogP contribution is 2.46. The Bertz CT molecular complexity index is 753. The van der Waals surface area contributed by atoms with E-state index in [0.29, 0.717) is 0 Å². The lowest BCUT2D eigenvalue weighted by Crippen LogP contribution is -2.53. The van der Waals surface area contributed by atoms with Crippen LogP contribution in [0.4, 0.5) is 4.39 Å². The van der Waals surface area contributed by atoms with Gasteiger partial charge in [-0.25, -0.2) is 9.18 Å². The molecule has 2 heterocycles. The molecule has 0 spiro atoms. The van der Waals surface area contributed by atoms with Crippen molar-refractivity contribution in [3.05, 3.63) is 33.1 Å². The number of halogens is 1. The molecule has 4 atom stereocenters. The molecule has 1 saturated heterocycles. The molecular formula is C17H29FN2O5Si. The summed E-state index contributed by atoms with van der Waals surface area (Å²) < 4.78 is 34.3. The summed E-state index contributed by atoms with van der Waals surface area (Å²) >= 11 is 0. The zero-order valence-electron chi connectivity index (χ0n) is 16.5. The first-order chi connectivity index (χ1) is 11.8. The van der Waals surface area contributed by atoms with E-state index in [1.54, 1.807) is 0 Å². The van der Waals surface area contributed by atoms with E-state index >= 15 is 4.39 Å². The summed E-state index contributed by atoms with van der Waals surface area (Å²) in [7, 11) is -0.802. The van der Waals surface area contributed by atoms with Crippen molar-refractivity contribution in [2.24, 2.45) is 0 Å². The molecule has 1 N–H and O–H groups in total. The Morgan fingerprint density at radius 2 is 2.00 bits per heavy atom. The molecule has 26 heavy (non-hydrogen) atoms. The molecule has 0 radical (unpaired) electrons. The molecule has 1 aromatic heterocycles. The first kappa shape index (κ1) is 21.0. The number of nitrogens with zero attached hydrogens (tertiary/aromatic N) is 1. The maximum absolute atomic E-state index is 15.9. The van der Waals surface area contributed by atoms with Gasteiger partial charge in [-0.1, -0.05) is 20.8 Å². The number of ether oxygens (including phenoxy) is 2. The van der Waals surface area contributed by atoms with Gasteiger partial charge in [0.05, 0.1) is 6.61 Å². The van der Waals surface area contributed by atoms with Gasteiger partial charge in [0, 0.05) is 19.4 Å². The van der Waals surface area contributed by atoms with Gasteiger partial charge in [0.2, 0.25) is 0 Å². The molecule has 1 aliphatic rings. The van der Waals surface area contributed by atoms with E-state index in [-0.39, 0.29) is 11.6 Å².